The van der Waals surface area contributed by atoms with E-state index in [1.54, 1.807) is 36.1 Å². The van der Waals surface area contributed by atoms with E-state index in [2.05, 4.69) is 0 Å². The highest BCUT2D eigenvalue weighted by atomic mass is 35.5. The number of piperidine rings is 1. The van der Waals surface area contributed by atoms with Crippen LogP contribution in [0.2, 0.25) is 5.02 Å². The van der Waals surface area contributed by atoms with E-state index in [-0.39, 0.29) is 17.7 Å². The van der Waals surface area contributed by atoms with Crippen molar-refractivity contribution in [2.24, 2.45) is 11.8 Å². The van der Waals surface area contributed by atoms with E-state index in [9.17, 15) is 9.59 Å². The summed E-state index contributed by atoms with van der Waals surface area (Å²) >= 11 is 6.02. The molecule has 2 rings (SSSR count). The average Bonchev–Trinajstić information content (AvgIpc) is 2.48. The fourth-order valence-electron chi connectivity index (χ4n) is 2.75. The van der Waals surface area contributed by atoms with Crippen LogP contribution in [0.4, 0.5) is 0 Å². The van der Waals surface area contributed by atoms with Crippen molar-refractivity contribution in [2.75, 3.05) is 13.1 Å². The van der Waals surface area contributed by atoms with Crippen LogP contribution in [0.1, 0.15) is 20.3 Å². The molecule has 120 valence electrons. The maximum absolute atomic E-state index is 12.4. The number of aliphatic carboxylic acids is 1. The Kier molecular flexibility index (Phi) is 5.29. The van der Waals surface area contributed by atoms with E-state index in [1.165, 1.54) is 0 Å². The third-order valence-corrected chi connectivity index (χ3v) is 4.33. The Bertz CT molecular complexity index is 563. The van der Waals surface area contributed by atoms with Crippen molar-refractivity contribution >= 4 is 23.5 Å². The number of likely N-dealkylation sites (tertiary alicyclic amines) is 1. The number of para-hydroxylation sites is 1. The number of carboxylic acids is 1. The SMILES string of the molecule is CC(Oc1ccccc1Cl)C(=O)N1CCC(C(=O)O)C(C)C1. The number of hydrogen-bond donors (Lipinski definition) is 1. The summed E-state index contributed by atoms with van der Waals surface area (Å²) in [5.74, 6) is -0.916. The van der Waals surface area contributed by atoms with Crippen LogP contribution in [0, 0.1) is 11.8 Å². The summed E-state index contributed by atoms with van der Waals surface area (Å²) in [6.45, 7) is 4.42. The van der Waals surface area contributed by atoms with Gasteiger partial charge in [-0.3, -0.25) is 9.59 Å². The highest BCUT2D eigenvalue weighted by molar-refractivity contribution is 6.32. The van der Waals surface area contributed by atoms with Crippen molar-refractivity contribution in [2.45, 2.75) is 26.4 Å². The lowest BCUT2D eigenvalue weighted by molar-refractivity contribution is -0.150. The Balaban J connectivity index is 1.97. The molecule has 0 bridgehead atoms. The predicted octanol–water partition coefficient (Wildman–Crippen LogP) is 2.68. The van der Waals surface area contributed by atoms with Gasteiger partial charge in [0.15, 0.2) is 6.10 Å². The summed E-state index contributed by atoms with van der Waals surface area (Å²) in [7, 11) is 0. The van der Waals surface area contributed by atoms with Gasteiger partial charge in [0.05, 0.1) is 10.9 Å². The summed E-state index contributed by atoms with van der Waals surface area (Å²) < 4.78 is 5.63. The molecule has 1 aromatic carbocycles. The summed E-state index contributed by atoms with van der Waals surface area (Å²) in [6, 6.07) is 7.00. The van der Waals surface area contributed by atoms with Crippen molar-refractivity contribution in [3.63, 3.8) is 0 Å². The first kappa shape index (κ1) is 16.6. The van der Waals surface area contributed by atoms with Gasteiger partial charge in [-0.25, -0.2) is 0 Å². The maximum atomic E-state index is 12.4. The first-order valence-corrected chi connectivity index (χ1v) is 7.70. The van der Waals surface area contributed by atoms with Crippen LogP contribution in [-0.2, 0) is 9.59 Å². The standard InChI is InChI=1S/C16H20ClNO4/c1-10-9-18(8-7-12(10)16(20)21)15(19)11(2)22-14-6-4-3-5-13(14)17/h3-6,10-12H,7-9H2,1-2H3,(H,20,21). The molecular formula is C16H20ClNO4. The minimum atomic E-state index is -0.792. The summed E-state index contributed by atoms with van der Waals surface area (Å²) in [6.07, 6.45) is -0.186. The van der Waals surface area contributed by atoms with Gasteiger partial charge in [-0.15, -0.1) is 0 Å². The highest BCUT2D eigenvalue weighted by Crippen LogP contribution is 2.26. The van der Waals surface area contributed by atoms with Gasteiger partial charge in [0.2, 0.25) is 0 Å². The third kappa shape index (κ3) is 3.71. The van der Waals surface area contributed by atoms with E-state index in [0.717, 1.165) is 0 Å². The summed E-state index contributed by atoms with van der Waals surface area (Å²) in [5, 5.41) is 9.58. The number of ether oxygens (including phenoxy) is 1. The molecule has 1 aliphatic heterocycles. The van der Waals surface area contributed by atoms with Crippen LogP contribution in [0.5, 0.6) is 5.75 Å². The predicted molar refractivity (Wildman–Crippen MR) is 83.0 cm³/mol. The van der Waals surface area contributed by atoms with Crippen LogP contribution < -0.4 is 4.74 Å². The quantitative estimate of drug-likeness (QED) is 0.924. The molecule has 22 heavy (non-hydrogen) atoms. The second-order valence-corrected chi connectivity index (χ2v) is 6.09. The second-order valence-electron chi connectivity index (χ2n) is 5.69. The van der Waals surface area contributed by atoms with Gasteiger partial charge in [0.25, 0.3) is 5.91 Å². The fourth-order valence-corrected chi connectivity index (χ4v) is 2.93. The Morgan fingerprint density at radius 1 is 1.41 bits per heavy atom. The molecule has 3 atom stereocenters. The van der Waals surface area contributed by atoms with Gasteiger partial charge in [-0.1, -0.05) is 30.7 Å². The van der Waals surface area contributed by atoms with Crippen molar-refractivity contribution < 1.29 is 19.4 Å². The highest BCUT2D eigenvalue weighted by Gasteiger charge is 2.34. The van der Waals surface area contributed by atoms with Crippen LogP contribution in [-0.4, -0.2) is 41.1 Å². The number of carbonyl (C=O) groups excluding carboxylic acids is 1. The monoisotopic (exact) mass is 325 g/mol. The molecule has 1 fully saturated rings. The third-order valence-electron chi connectivity index (χ3n) is 4.02. The average molecular weight is 326 g/mol. The van der Waals surface area contributed by atoms with Gasteiger partial charge < -0.3 is 14.7 Å². The van der Waals surface area contributed by atoms with E-state index in [1.807, 2.05) is 6.92 Å². The molecule has 1 aliphatic rings. The molecule has 1 N–H and O–H groups in total. The van der Waals surface area contributed by atoms with E-state index >= 15 is 0 Å². The molecule has 0 aromatic heterocycles. The number of benzene rings is 1. The van der Waals surface area contributed by atoms with Crippen LogP contribution in [0.25, 0.3) is 0 Å². The van der Waals surface area contributed by atoms with Crippen molar-refractivity contribution in [3.8, 4) is 5.75 Å². The second kappa shape index (κ2) is 7.01. The zero-order valence-electron chi connectivity index (χ0n) is 12.7. The van der Waals surface area contributed by atoms with Gasteiger partial charge in [0.1, 0.15) is 5.75 Å². The lowest BCUT2D eigenvalue weighted by Crippen LogP contribution is -2.49. The minimum Gasteiger partial charge on any atom is -0.481 e. The van der Waals surface area contributed by atoms with Gasteiger partial charge in [-0.05, 0) is 31.4 Å². The Labute approximate surface area is 134 Å². The van der Waals surface area contributed by atoms with Crippen LogP contribution >= 0.6 is 11.6 Å². The maximum Gasteiger partial charge on any atom is 0.306 e. The van der Waals surface area contributed by atoms with E-state index in [4.69, 9.17) is 21.4 Å². The van der Waals surface area contributed by atoms with Gasteiger partial charge in [0, 0.05) is 13.1 Å². The number of halogens is 1. The molecule has 0 saturated carbocycles. The molecule has 1 aromatic rings. The Hall–Kier alpha value is -1.75. The van der Waals surface area contributed by atoms with Gasteiger partial charge in [-0.2, -0.15) is 0 Å². The van der Waals surface area contributed by atoms with Gasteiger partial charge >= 0.3 is 5.97 Å². The zero-order valence-corrected chi connectivity index (χ0v) is 13.4. The molecule has 1 saturated heterocycles. The lowest BCUT2D eigenvalue weighted by Gasteiger charge is -2.36. The molecule has 0 aliphatic carbocycles. The first-order valence-electron chi connectivity index (χ1n) is 7.33. The van der Waals surface area contributed by atoms with E-state index in [0.29, 0.717) is 30.3 Å². The molecule has 0 spiro atoms. The number of amides is 1. The molecule has 1 amide bonds. The summed E-state index contributed by atoms with van der Waals surface area (Å²) in [5.41, 5.74) is 0. The topological polar surface area (TPSA) is 66.8 Å². The first-order chi connectivity index (χ1) is 10.4. The van der Waals surface area contributed by atoms with Crippen molar-refractivity contribution in [1.82, 2.24) is 4.90 Å². The largest absolute Gasteiger partial charge is 0.481 e. The fraction of sp³-hybridized carbons (Fsp3) is 0.500. The molecule has 5 nitrogen and oxygen atoms in total. The van der Waals surface area contributed by atoms with Crippen molar-refractivity contribution in [1.29, 1.82) is 0 Å². The lowest BCUT2D eigenvalue weighted by atomic mass is 9.87. The Morgan fingerprint density at radius 2 is 2.09 bits per heavy atom. The smallest absolute Gasteiger partial charge is 0.306 e. The Morgan fingerprint density at radius 3 is 2.68 bits per heavy atom. The zero-order chi connectivity index (χ0) is 16.3. The van der Waals surface area contributed by atoms with Crippen LogP contribution in [0.3, 0.4) is 0 Å². The number of carboxylic acid groups (broad SMARTS) is 1. The molecule has 0 radical (unpaired) electrons. The molecule has 3 unspecified atom stereocenters. The number of nitrogens with zero attached hydrogens (tertiary/aromatic N) is 1. The van der Waals surface area contributed by atoms with E-state index < -0.39 is 12.1 Å². The van der Waals surface area contributed by atoms with Crippen LogP contribution in [0.15, 0.2) is 24.3 Å². The minimum absolute atomic E-state index is 0.0669. The molecular weight excluding hydrogens is 306 g/mol. The van der Waals surface area contributed by atoms with Crippen molar-refractivity contribution in [3.05, 3.63) is 29.3 Å². The number of rotatable bonds is 4. The summed E-state index contributed by atoms with van der Waals surface area (Å²) in [4.78, 5) is 25.2. The number of hydrogen-bond acceptors (Lipinski definition) is 3. The molecule has 1 heterocycles. The number of carbonyl (C=O) groups is 2. The normalized spacial score (nSPS) is 23.0. The molecule has 6 heteroatoms.